The molecule has 1 aliphatic carbocycles. The molecule has 3 rings (SSSR count). The third-order valence-corrected chi connectivity index (χ3v) is 4.89. The molecule has 0 bridgehead atoms. The molecule has 2 heterocycles. The van der Waals surface area contributed by atoms with Gasteiger partial charge in [0.2, 0.25) is 0 Å². The van der Waals surface area contributed by atoms with Crippen LogP contribution in [0.5, 0.6) is 0 Å². The Bertz CT molecular complexity index is 402. The number of hydrogen-bond acceptors (Lipinski definition) is 3. The zero-order valence-corrected chi connectivity index (χ0v) is 11.8. The van der Waals surface area contributed by atoms with E-state index in [0.717, 1.165) is 18.9 Å². The highest BCUT2D eigenvalue weighted by Gasteiger charge is 2.44. The van der Waals surface area contributed by atoms with Crippen molar-refractivity contribution in [3.05, 3.63) is 30.1 Å². The fourth-order valence-corrected chi connectivity index (χ4v) is 3.58. The van der Waals surface area contributed by atoms with Crippen molar-refractivity contribution in [2.45, 2.75) is 50.2 Å². The van der Waals surface area contributed by atoms with Gasteiger partial charge in [0.1, 0.15) is 0 Å². The Balaban J connectivity index is 1.64. The van der Waals surface area contributed by atoms with Gasteiger partial charge in [-0.05, 0) is 57.2 Å². The largest absolute Gasteiger partial charge is 0.375 e. The first-order chi connectivity index (χ1) is 9.31. The number of nitrogens with zero attached hydrogens (tertiary/aromatic N) is 1. The van der Waals surface area contributed by atoms with Gasteiger partial charge in [-0.15, -0.1) is 0 Å². The van der Waals surface area contributed by atoms with E-state index in [9.17, 15) is 0 Å². The van der Waals surface area contributed by atoms with Crippen molar-refractivity contribution >= 4 is 0 Å². The zero-order valence-electron chi connectivity index (χ0n) is 11.8. The molecule has 1 aliphatic heterocycles. The summed E-state index contributed by atoms with van der Waals surface area (Å²) in [5.74, 6) is 0.723. The Morgan fingerprint density at radius 2 is 2.37 bits per heavy atom. The molecule has 1 saturated carbocycles. The van der Waals surface area contributed by atoms with Crippen LogP contribution in [0.15, 0.2) is 24.4 Å². The van der Waals surface area contributed by atoms with Gasteiger partial charge in [0.15, 0.2) is 0 Å². The van der Waals surface area contributed by atoms with E-state index in [1.165, 1.54) is 37.8 Å². The van der Waals surface area contributed by atoms with E-state index in [-0.39, 0.29) is 5.60 Å². The minimum atomic E-state index is 0.238. The van der Waals surface area contributed by atoms with E-state index in [0.29, 0.717) is 6.04 Å². The average molecular weight is 260 g/mol. The fourth-order valence-electron chi connectivity index (χ4n) is 3.58. The first-order valence-electron chi connectivity index (χ1n) is 7.52. The molecule has 2 unspecified atom stereocenters. The number of rotatable bonds is 4. The van der Waals surface area contributed by atoms with Crippen LogP contribution in [0.1, 0.15) is 37.8 Å². The molecule has 104 valence electrons. The lowest BCUT2D eigenvalue weighted by Crippen LogP contribution is -2.50. The lowest BCUT2D eigenvalue weighted by atomic mass is 9.70. The van der Waals surface area contributed by atoms with Crippen LogP contribution in [-0.2, 0) is 11.2 Å². The van der Waals surface area contributed by atoms with E-state index < -0.39 is 0 Å². The second kappa shape index (κ2) is 5.59. The van der Waals surface area contributed by atoms with Crippen molar-refractivity contribution in [1.29, 1.82) is 0 Å². The quantitative estimate of drug-likeness (QED) is 0.903. The minimum Gasteiger partial charge on any atom is -0.375 e. The number of likely N-dealkylation sites (N-methyl/N-ethyl adjacent to an activating group) is 1. The molecule has 0 amide bonds. The standard InChI is InChI=1S/C16H24N2O/c1-17-15(11-14-5-2-3-9-18-14)13-6-10-19-16(12-13)7-4-8-16/h2-3,5,9,13,15,17H,4,6-8,10-12H2,1H3. The third kappa shape index (κ3) is 2.82. The van der Waals surface area contributed by atoms with Crippen LogP contribution >= 0.6 is 0 Å². The van der Waals surface area contributed by atoms with Crippen molar-refractivity contribution in [1.82, 2.24) is 10.3 Å². The molecule has 3 nitrogen and oxygen atoms in total. The Morgan fingerprint density at radius 3 is 3.00 bits per heavy atom. The summed E-state index contributed by atoms with van der Waals surface area (Å²) in [5.41, 5.74) is 1.43. The van der Waals surface area contributed by atoms with Crippen LogP contribution in [0, 0.1) is 5.92 Å². The summed E-state index contributed by atoms with van der Waals surface area (Å²) in [4.78, 5) is 4.46. The number of nitrogens with one attached hydrogen (secondary N) is 1. The molecule has 0 aromatic carbocycles. The van der Waals surface area contributed by atoms with Crippen LogP contribution in [0.3, 0.4) is 0 Å². The number of ether oxygens (including phenoxy) is 1. The third-order valence-electron chi connectivity index (χ3n) is 4.89. The first kappa shape index (κ1) is 13.1. The van der Waals surface area contributed by atoms with Crippen molar-refractivity contribution in [2.75, 3.05) is 13.7 Å². The van der Waals surface area contributed by atoms with Crippen molar-refractivity contribution in [3.8, 4) is 0 Å². The molecule has 3 heteroatoms. The molecule has 0 radical (unpaired) electrons. The van der Waals surface area contributed by atoms with Gasteiger partial charge >= 0.3 is 0 Å². The highest BCUT2D eigenvalue weighted by atomic mass is 16.5. The molecular weight excluding hydrogens is 236 g/mol. The van der Waals surface area contributed by atoms with Crippen molar-refractivity contribution < 1.29 is 4.74 Å². The topological polar surface area (TPSA) is 34.2 Å². The molecule has 1 saturated heterocycles. The molecule has 1 spiro atoms. The Hall–Kier alpha value is -0.930. The summed E-state index contributed by atoms with van der Waals surface area (Å²) in [7, 11) is 2.08. The summed E-state index contributed by atoms with van der Waals surface area (Å²) < 4.78 is 6.03. The van der Waals surface area contributed by atoms with E-state index in [1.807, 2.05) is 12.3 Å². The Morgan fingerprint density at radius 1 is 1.47 bits per heavy atom. The highest BCUT2D eigenvalue weighted by molar-refractivity contribution is 5.07. The summed E-state index contributed by atoms with van der Waals surface area (Å²) in [5, 5.41) is 3.51. The second-order valence-corrected chi connectivity index (χ2v) is 6.06. The first-order valence-corrected chi connectivity index (χ1v) is 7.52. The zero-order chi connectivity index (χ0) is 13.1. The van der Waals surface area contributed by atoms with E-state index in [2.05, 4.69) is 29.5 Å². The van der Waals surface area contributed by atoms with E-state index >= 15 is 0 Å². The lowest BCUT2D eigenvalue weighted by molar-refractivity contribution is -0.146. The van der Waals surface area contributed by atoms with Crippen LogP contribution in [0.4, 0.5) is 0 Å². The van der Waals surface area contributed by atoms with Gasteiger partial charge in [0, 0.05) is 31.0 Å². The van der Waals surface area contributed by atoms with E-state index in [4.69, 9.17) is 4.74 Å². The van der Waals surface area contributed by atoms with Gasteiger partial charge in [0.05, 0.1) is 5.60 Å². The van der Waals surface area contributed by atoms with Crippen LogP contribution < -0.4 is 5.32 Å². The smallest absolute Gasteiger partial charge is 0.0685 e. The van der Waals surface area contributed by atoms with Gasteiger partial charge in [-0.1, -0.05) is 6.07 Å². The van der Waals surface area contributed by atoms with Crippen molar-refractivity contribution in [2.24, 2.45) is 5.92 Å². The molecule has 1 aromatic heterocycles. The Kier molecular flexibility index (Phi) is 3.85. The summed E-state index contributed by atoms with van der Waals surface area (Å²) >= 11 is 0. The summed E-state index contributed by atoms with van der Waals surface area (Å²) in [6.45, 7) is 0.936. The summed E-state index contributed by atoms with van der Waals surface area (Å²) in [6, 6.07) is 6.71. The maximum absolute atomic E-state index is 6.03. The fraction of sp³-hybridized carbons (Fsp3) is 0.688. The van der Waals surface area contributed by atoms with Gasteiger partial charge < -0.3 is 10.1 Å². The second-order valence-electron chi connectivity index (χ2n) is 6.06. The van der Waals surface area contributed by atoms with Gasteiger partial charge in [-0.2, -0.15) is 0 Å². The number of pyridine rings is 1. The number of aromatic nitrogens is 1. The normalized spacial score (nSPS) is 26.9. The van der Waals surface area contributed by atoms with Gasteiger partial charge in [-0.3, -0.25) is 4.98 Å². The van der Waals surface area contributed by atoms with Crippen molar-refractivity contribution in [3.63, 3.8) is 0 Å². The molecule has 1 aromatic rings. The van der Waals surface area contributed by atoms with E-state index in [1.54, 1.807) is 0 Å². The predicted octanol–water partition coefficient (Wildman–Crippen LogP) is 2.56. The SMILES string of the molecule is CNC(Cc1ccccn1)C1CCOC2(CCC2)C1. The predicted molar refractivity (Wildman–Crippen MR) is 76.0 cm³/mol. The molecule has 2 fully saturated rings. The summed E-state index contributed by atoms with van der Waals surface area (Å²) in [6.07, 6.45) is 9.20. The molecular formula is C16H24N2O. The molecule has 19 heavy (non-hydrogen) atoms. The Labute approximate surface area is 115 Å². The van der Waals surface area contributed by atoms with Crippen LogP contribution in [0.2, 0.25) is 0 Å². The monoisotopic (exact) mass is 260 g/mol. The average Bonchev–Trinajstić information content (AvgIpc) is 2.44. The van der Waals surface area contributed by atoms with Gasteiger partial charge in [-0.25, -0.2) is 0 Å². The molecule has 1 N–H and O–H groups in total. The molecule has 2 atom stereocenters. The maximum atomic E-state index is 6.03. The maximum Gasteiger partial charge on any atom is 0.0685 e. The van der Waals surface area contributed by atoms with Gasteiger partial charge in [0.25, 0.3) is 0 Å². The van der Waals surface area contributed by atoms with Crippen LogP contribution in [0.25, 0.3) is 0 Å². The lowest BCUT2D eigenvalue weighted by Gasteiger charge is -2.48. The highest BCUT2D eigenvalue weighted by Crippen LogP contribution is 2.45. The number of hydrogen-bond donors (Lipinski definition) is 1. The van der Waals surface area contributed by atoms with Crippen LogP contribution in [-0.4, -0.2) is 30.3 Å². The minimum absolute atomic E-state index is 0.238. The molecule has 2 aliphatic rings.